The van der Waals surface area contributed by atoms with Gasteiger partial charge < -0.3 is 10.1 Å². The van der Waals surface area contributed by atoms with E-state index in [1.54, 1.807) is 0 Å². The molecule has 0 bridgehead atoms. The summed E-state index contributed by atoms with van der Waals surface area (Å²) in [4.78, 5) is 7.68. The van der Waals surface area contributed by atoms with Crippen molar-refractivity contribution in [1.29, 1.82) is 0 Å². The molecule has 0 saturated heterocycles. The van der Waals surface area contributed by atoms with Crippen molar-refractivity contribution in [2.45, 2.75) is 11.4 Å². The molecule has 0 amide bonds. The van der Waals surface area contributed by atoms with Gasteiger partial charge in [0.1, 0.15) is 0 Å². The first-order chi connectivity index (χ1) is 11.3. The minimum Gasteiger partial charge on any atom is -0.441 e. The summed E-state index contributed by atoms with van der Waals surface area (Å²) in [6.07, 6.45) is 3.39. The molecule has 4 rings (SSSR count). The summed E-state index contributed by atoms with van der Waals surface area (Å²) >= 11 is 1.43. The van der Waals surface area contributed by atoms with E-state index >= 15 is 0 Å². The molecule has 2 aromatic heterocycles. The maximum atomic E-state index is 6.10. The second-order valence-corrected chi connectivity index (χ2v) is 5.73. The Morgan fingerprint density at radius 1 is 1.13 bits per heavy atom. The highest BCUT2D eigenvalue weighted by Gasteiger charge is 2.28. The minimum atomic E-state index is -0.384. The number of aromatic nitrogens is 4. The molecule has 3 heterocycles. The molecule has 6 nitrogen and oxygen atoms in total. The fourth-order valence-corrected chi connectivity index (χ4v) is 2.74. The van der Waals surface area contributed by atoms with E-state index in [0.717, 1.165) is 16.9 Å². The van der Waals surface area contributed by atoms with Crippen LogP contribution < -0.4 is 15.0 Å². The molecule has 1 unspecified atom stereocenters. The largest absolute Gasteiger partial charge is 0.441 e. The summed E-state index contributed by atoms with van der Waals surface area (Å²) < 4.78 is 6.10. The van der Waals surface area contributed by atoms with E-state index < -0.39 is 0 Å². The number of rotatable bonds is 2. The normalized spacial score (nSPS) is 15.6. The molecule has 1 aromatic carbocycles. The number of aromatic amines is 1. The number of hydrogen-bond acceptors (Lipinski definition) is 6. The molecular weight excluding hydrogens is 310 g/mol. The summed E-state index contributed by atoms with van der Waals surface area (Å²) in [5.74, 6) is 0.476. The molecule has 3 aromatic rings. The summed E-state index contributed by atoms with van der Waals surface area (Å²) in [6.45, 7) is 0. The number of nitrogens with one attached hydrogen (secondary N) is 2. The predicted octanol–water partition coefficient (Wildman–Crippen LogP) is 2.58. The average molecular weight is 324 g/mol. The third kappa shape index (κ3) is 2.59. The van der Waals surface area contributed by atoms with E-state index in [0.29, 0.717) is 16.7 Å². The van der Waals surface area contributed by atoms with Crippen LogP contribution in [-0.2, 0) is 0 Å². The molecule has 1 atom stereocenters. The number of pyridine rings is 1. The van der Waals surface area contributed by atoms with E-state index in [4.69, 9.17) is 4.74 Å². The number of benzene rings is 1. The van der Waals surface area contributed by atoms with Gasteiger partial charge in [-0.2, -0.15) is 4.98 Å². The molecule has 1 aliphatic rings. The fraction of sp³-hybridized carbons (Fsp3) is 0.125. The van der Waals surface area contributed by atoms with Gasteiger partial charge in [0.2, 0.25) is 16.7 Å². The van der Waals surface area contributed by atoms with Crippen molar-refractivity contribution >= 4 is 17.4 Å². The molecule has 7 heteroatoms. The van der Waals surface area contributed by atoms with Crippen LogP contribution in [0.4, 0.5) is 5.69 Å². The predicted molar refractivity (Wildman–Crippen MR) is 87.0 cm³/mol. The Labute approximate surface area is 137 Å². The number of para-hydroxylation sites is 1. The molecule has 0 spiro atoms. The standard InChI is InChI=1S/C16H13N5OS/c1-23-16-19-15-13(20-21-16)10-6-2-3-7-11(10)18-14(22-15)12-8-4-5-9-17-12/h2-9,14,18H,1H3/p+1. The van der Waals surface area contributed by atoms with Crippen LogP contribution >= 0.6 is 11.8 Å². The molecule has 23 heavy (non-hydrogen) atoms. The topological polar surface area (TPSA) is 74.1 Å². The number of anilines is 1. The first kappa shape index (κ1) is 14.0. The number of hydrogen-bond donors (Lipinski definition) is 1. The Hall–Kier alpha value is -2.67. The Bertz CT molecular complexity index is 843. The van der Waals surface area contributed by atoms with Crippen molar-refractivity contribution < 1.29 is 9.72 Å². The van der Waals surface area contributed by atoms with Gasteiger partial charge >= 0.3 is 0 Å². The maximum absolute atomic E-state index is 6.10. The Morgan fingerprint density at radius 2 is 2.00 bits per heavy atom. The van der Waals surface area contributed by atoms with Crippen LogP contribution in [0.5, 0.6) is 5.88 Å². The van der Waals surface area contributed by atoms with E-state index in [1.165, 1.54) is 11.8 Å². The van der Waals surface area contributed by atoms with Gasteiger partial charge in [0.25, 0.3) is 6.23 Å². The maximum Gasteiger partial charge on any atom is 0.257 e. The molecule has 0 radical (unpaired) electrons. The lowest BCUT2D eigenvalue weighted by molar-refractivity contribution is -0.397. The second-order valence-electron chi connectivity index (χ2n) is 4.96. The quantitative estimate of drug-likeness (QED) is 0.730. The zero-order chi connectivity index (χ0) is 15.6. The number of nitrogens with zero attached hydrogens (tertiary/aromatic N) is 3. The Kier molecular flexibility index (Phi) is 3.55. The van der Waals surface area contributed by atoms with E-state index in [-0.39, 0.29) is 6.23 Å². The van der Waals surface area contributed by atoms with Gasteiger partial charge in [-0.15, -0.1) is 10.2 Å². The van der Waals surface area contributed by atoms with Gasteiger partial charge in [-0.05, 0) is 18.4 Å². The first-order valence-electron chi connectivity index (χ1n) is 7.13. The van der Waals surface area contributed by atoms with Crippen molar-refractivity contribution in [3.63, 3.8) is 0 Å². The van der Waals surface area contributed by atoms with Crippen LogP contribution in [0.3, 0.4) is 0 Å². The Balaban J connectivity index is 1.87. The zero-order valence-electron chi connectivity index (χ0n) is 12.4. The number of H-pyrrole nitrogens is 1. The summed E-state index contributed by atoms with van der Waals surface area (Å²) in [5, 5.41) is 12.4. The van der Waals surface area contributed by atoms with Crippen LogP contribution in [0.15, 0.2) is 53.8 Å². The minimum absolute atomic E-state index is 0.384. The molecule has 0 fully saturated rings. The number of fused-ring (bicyclic) bond motifs is 3. The highest BCUT2D eigenvalue weighted by atomic mass is 32.2. The van der Waals surface area contributed by atoms with Crippen molar-refractivity contribution in [1.82, 2.24) is 15.2 Å². The van der Waals surface area contributed by atoms with Crippen LogP contribution in [0.25, 0.3) is 11.3 Å². The lowest BCUT2D eigenvalue weighted by Gasteiger charge is -2.15. The van der Waals surface area contributed by atoms with Crippen molar-refractivity contribution in [3.05, 3.63) is 54.4 Å². The number of thioether (sulfide) groups is 1. The highest BCUT2D eigenvalue weighted by molar-refractivity contribution is 7.98. The van der Waals surface area contributed by atoms with E-state index in [9.17, 15) is 0 Å². The summed E-state index contributed by atoms with van der Waals surface area (Å²) in [7, 11) is 0. The molecule has 2 N–H and O–H groups in total. The van der Waals surface area contributed by atoms with Crippen LogP contribution in [-0.4, -0.2) is 21.4 Å². The van der Waals surface area contributed by atoms with Gasteiger partial charge in [0, 0.05) is 23.4 Å². The second kappa shape index (κ2) is 5.85. The molecule has 1 aliphatic heterocycles. The fourth-order valence-electron chi connectivity index (χ4n) is 2.44. The van der Waals surface area contributed by atoms with E-state index in [2.05, 4.69) is 25.5 Å². The monoisotopic (exact) mass is 324 g/mol. The highest BCUT2D eigenvalue weighted by Crippen LogP contribution is 2.38. The molecule has 0 saturated carbocycles. The summed E-state index contributed by atoms with van der Waals surface area (Å²) in [5.41, 5.74) is 3.40. The van der Waals surface area contributed by atoms with Crippen molar-refractivity contribution in [3.8, 4) is 17.1 Å². The van der Waals surface area contributed by atoms with Crippen LogP contribution in [0.2, 0.25) is 0 Å². The van der Waals surface area contributed by atoms with Gasteiger partial charge in [-0.3, -0.25) is 0 Å². The number of ether oxygens (including phenoxy) is 1. The smallest absolute Gasteiger partial charge is 0.257 e. The van der Waals surface area contributed by atoms with Crippen LogP contribution in [0, 0.1) is 0 Å². The lowest BCUT2D eigenvalue weighted by atomic mass is 10.1. The van der Waals surface area contributed by atoms with Crippen molar-refractivity contribution in [2.24, 2.45) is 0 Å². The molecule has 114 valence electrons. The first-order valence-corrected chi connectivity index (χ1v) is 8.35. The third-order valence-electron chi connectivity index (χ3n) is 3.53. The van der Waals surface area contributed by atoms with Crippen molar-refractivity contribution in [2.75, 3.05) is 11.6 Å². The lowest BCUT2D eigenvalue weighted by Crippen LogP contribution is -2.24. The zero-order valence-corrected chi connectivity index (χ0v) is 13.2. The average Bonchev–Trinajstić information content (AvgIpc) is 2.78. The molecular formula is C16H14N5OS+. The molecule has 0 aliphatic carbocycles. The third-order valence-corrected chi connectivity index (χ3v) is 4.07. The van der Waals surface area contributed by atoms with Gasteiger partial charge in [-0.1, -0.05) is 30.0 Å². The summed E-state index contributed by atoms with van der Waals surface area (Å²) in [6, 6.07) is 13.8. The van der Waals surface area contributed by atoms with Gasteiger partial charge in [0.05, 0.1) is 0 Å². The van der Waals surface area contributed by atoms with E-state index in [1.807, 2.05) is 54.9 Å². The van der Waals surface area contributed by atoms with Crippen LogP contribution in [0.1, 0.15) is 11.9 Å². The Morgan fingerprint density at radius 3 is 2.83 bits per heavy atom. The SMILES string of the molecule is CSc1nnc2c(n1)OC(c1cccc[nH+]1)Nc1ccccc1-2. The van der Waals surface area contributed by atoms with Gasteiger partial charge in [0.15, 0.2) is 11.9 Å². The van der Waals surface area contributed by atoms with Gasteiger partial charge in [-0.25, -0.2) is 4.98 Å².